The lowest BCUT2D eigenvalue weighted by molar-refractivity contribution is 0.306. The molecule has 1 heterocycles. The summed E-state index contributed by atoms with van der Waals surface area (Å²) in [6.45, 7) is 1.98. The first-order chi connectivity index (χ1) is 8.58. The van der Waals surface area contributed by atoms with Crippen molar-refractivity contribution >= 4 is 17.4 Å². The van der Waals surface area contributed by atoms with E-state index in [4.69, 9.17) is 22.1 Å². The molecule has 1 aromatic carbocycles. The highest BCUT2D eigenvalue weighted by molar-refractivity contribution is 6.31. The summed E-state index contributed by atoms with van der Waals surface area (Å²) in [5, 5.41) is 0.0659. The number of aromatic nitrogens is 1. The summed E-state index contributed by atoms with van der Waals surface area (Å²) >= 11 is 5.82. The Balaban J connectivity index is 2.14. The molecule has 0 saturated carbocycles. The van der Waals surface area contributed by atoms with Crippen molar-refractivity contribution in [2.24, 2.45) is 0 Å². The van der Waals surface area contributed by atoms with Crippen molar-refractivity contribution in [1.29, 1.82) is 0 Å². The van der Waals surface area contributed by atoms with Crippen LogP contribution in [0.2, 0.25) is 5.02 Å². The summed E-state index contributed by atoms with van der Waals surface area (Å²) in [7, 11) is 0. The zero-order valence-corrected chi connectivity index (χ0v) is 10.5. The first-order valence-electron chi connectivity index (χ1n) is 5.36. The molecule has 18 heavy (non-hydrogen) atoms. The minimum atomic E-state index is -0.465. The maximum atomic E-state index is 13.2. The fourth-order valence-electron chi connectivity index (χ4n) is 1.50. The standard InChI is InChI=1S/C13H12ClFN2O/c1-8-5-6-11(13(16)17-8)18-7-9-3-2-4-10(15)12(9)14/h2-6H,7H2,1H3,(H2,16,17). The van der Waals surface area contributed by atoms with Gasteiger partial charge in [0.05, 0.1) is 5.02 Å². The van der Waals surface area contributed by atoms with Gasteiger partial charge < -0.3 is 10.5 Å². The van der Waals surface area contributed by atoms with Crippen molar-refractivity contribution in [2.45, 2.75) is 13.5 Å². The second-order valence-electron chi connectivity index (χ2n) is 3.84. The fraction of sp³-hybridized carbons (Fsp3) is 0.154. The second kappa shape index (κ2) is 5.23. The minimum Gasteiger partial charge on any atom is -0.485 e. The van der Waals surface area contributed by atoms with Gasteiger partial charge in [0, 0.05) is 11.3 Å². The average molecular weight is 267 g/mol. The molecule has 0 aliphatic carbocycles. The summed E-state index contributed by atoms with van der Waals surface area (Å²) in [6.07, 6.45) is 0. The molecule has 0 saturated heterocycles. The van der Waals surface area contributed by atoms with Gasteiger partial charge >= 0.3 is 0 Å². The molecule has 94 valence electrons. The number of nitrogens with zero attached hydrogens (tertiary/aromatic N) is 1. The maximum absolute atomic E-state index is 13.2. The van der Waals surface area contributed by atoms with Crippen LogP contribution in [0.3, 0.4) is 0 Å². The van der Waals surface area contributed by atoms with Gasteiger partial charge in [0.15, 0.2) is 11.6 Å². The van der Waals surface area contributed by atoms with Crippen molar-refractivity contribution < 1.29 is 9.13 Å². The summed E-state index contributed by atoms with van der Waals surface area (Å²) in [5.41, 5.74) is 7.09. The number of benzene rings is 1. The van der Waals surface area contributed by atoms with Crippen LogP contribution in [0.1, 0.15) is 11.3 Å². The van der Waals surface area contributed by atoms with Gasteiger partial charge in [-0.3, -0.25) is 0 Å². The summed E-state index contributed by atoms with van der Waals surface area (Å²) < 4.78 is 18.7. The van der Waals surface area contributed by atoms with Crippen LogP contribution < -0.4 is 10.5 Å². The molecule has 0 fully saturated rings. The molecular formula is C13H12ClFN2O. The molecule has 0 atom stereocenters. The fourth-order valence-corrected chi connectivity index (χ4v) is 1.68. The third-order valence-electron chi connectivity index (χ3n) is 2.44. The molecule has 0 amide bonds. The molecule has 3 nitrogen and oxygen atoms in total. The van der Waals surface area contributed by atoms with Crippen molar-refractivity contribution in [2.75, 3.05) is 5.73 Å². The topological polar surface area (TPSA) is 48.1 Å². The molecule has 2 aromatic rings. The van der Waals surface area contributed by atoms with Crippen molar-refractivity contribution in [3.63, 3.8) is 0 Å². The van der Waals surface area contributed by atoms with E-state index in [0.717, 1.165) is 5.69 Å². The molecule has 0 bridgehead atoms. The molecule has 0 aliphatic heterocycles. The normalized spacial score (nSPS) is 10.4. The number of nitrogen functional groups attached to an aromatic ring is 1. The second-order valence-corrected chi connectivity index (χ2v) is 4.22. The van der Waals surface area contributed by atoms with Crippen LogP contribution in [-0.2, 0) is 6.61 Å². The van der Waals surface area contributed by atoms with Gasteiger partial charge in [-0.25, -0.2) is 9.37 Å². The quantitative estimate of drug-likeness (QED) is 0.927. The van der Waals surface area contributed by atoms with E-state index < -0.39 is 5.82 Å². The molecular weight excluding hydrogens is 255 g/mol. The number of hydrogen-bond donors (Lipinski definition) is 1. The molecule has 2 N–H and O–H groups in total. The number of hydrogen-bond acceptors (Lipinski definition) is 3. The smallest absolute Gasteiger partial charge is 0.166 e. The van der Waals surface area contributed by atoms with Crippen LogP contribution in [0.4, 0.5) is 10.2 Å². The van der Waals surface area contributed by atoms with Crippen molar-refractivity contribution in [1.82, 2.24) is 4.98 Å². The summed E-state index contributed by atoms with van der Waals surface area (Å²) in [6, 6.07) is 8.09. The van der Waals surface area contributed by atoms with Crippen LogP contribution in [-0.4, -0.2) is 4.98 Å². The van der Waals surface area contributed by atoms with E-state index in [-0.39, 0.29) is 11.6 Å². The zero-order chi connectivity index (χ0) is 13.1. The Bertz CT molecular complexity index is 575. The highest BCUT2D eigenvalue weighted by Gasteiger charge is 2.08. The molecule has 0 unspecified atom stereocenters. The van der Waals surface area contributed by atoms with E-state index in [1.165, 1.54) is 6.07 Å². The average Bonchev–Trinajstić information content (AvgIpc) is 2.33. The van der Waals surface area contributed by atoms with Gasteiger partial charge in [-0.15, -0.1) is 0 Å². The SMILES string of the molecule is Cc1ccc(OCc2cccc(F)c2Cl)c(N)n1. The Hall–Kier alpha value is -1.81. The minimum absolute atomic E-state index is 0.0659. The molecule has 2 rings (SSSR count). The van der Waals surface area contributed by atoms with Crippen molar-refractivity contribution in [3.05, 3.63) is 52.4 Å². The molecule has 5 heteroatoms. The van der Waals surface area contributed by atoms with Gasteiger partial charge in [0.25, 0.3) is 0 Å². The number of anilines is 1. The zero-order valence-electron chi connectivity index (χ0n) is 9.78. The van der Waals surface area contributed by atoms with Gasteiger partial charge in [-0.2, -0.15) is 0 Å². The number of halogens is 2. The Morgan fingerprint density at radius 3 is 2.83 bits per heavy atom. The summed E-state index contributed by atoms with van der Waals surface area (Å²) in [5.74, 6) is 0.302. The lowest BCUT2D eigenvalue weighted by Gasteiger charge is -2.10. The molecule has 1 aromatic heterocycles. The first kappa shape index (κ1) is 12.6. The van der Waals surface area contributed by atoms with Crippen molar-refractivity contribution in [3.8, 4) is 5.75 Å². The van der Waals surface area contributed by atoms with Crippen LogP contribution in [0.15, 0.2) is 30.3 Å². The van der Waals surface area contributed by atoms with Gasteiger partial charge in [0.2, 0.25) is 0 Å². The maximum Gasteiger partial charge on any atom is 0.166 e. The van der Waals surface area contributed by atoms with Gasteiger partial charge in [-0.1, -0.05) is 23.7 Å². The van der Waals surface area contributed by atoms with Gasteiger partial charge in [0.1, 0.15) is 12.4 Å². The third-order valence-corrected chi connectivity index (χ3v) is 2.86. The van der Waals surface area contributed by atoms with Crippen LogP contribution in [0.25, 0.3) is 0 Å². The van der Waals surface area contributed by atoms with Gasteiger partial charge in [-0.05, 0) is 25.1 Å². The van der Waals surface area contributed by atoms with E-state index >= 15 is 0 Å². The Morgan fingerprint density at radius 2 is 2.11 bits per heavy atom. The molecule has 0 spiro atoms. The predicted molar refractivity (Wildman–Crippen MR) is 69.1 cm³/mol. The number of pyridine rings is 1. The first-order valence-corrected chi connectivity index (χ1v) is 5.74. The highest BCUT2D eigenvalue weighted by atomic mass is 35.5. The number of nitrogens with two attached hydrogens (primary N) is 1. The van der Waals surface area contributed by atoms with E-state index in [2.05, 4.69) is 4.98 Å². The number of aryl methyl sites for hydroxylation is 1. The highest BCUT2D eigenvalue weighted by Crippen LogP contribution is 2.24. The third kappa shape index (κ3) is 2.71. The summed E-state index contributed by atoms with van der Waals surface area (Å²) in [4.78, 5) is 4.07. The number of ether oxygens (including phenoxy) is 1. The Morgan fingerprint density at radius 1 is 1.33 bits per heavy atom. The van der Waals surface area contributed by atoms with E-state index in [0.29, 0.717) is 17.1 Å². The van der Waals surface area contributed by atoms with Crippen LogP contribution in [0, 0.1) is 12.7 Å². The largest absolute Gasteiger partial charge is 0.485 e. The van der Waals surface area contributed by atoms with E-state index in [1.807, 2.05) is 6.92 Å². The molecule has 0 radical (unpaired) electrons. The monoisotopic (exact) mass is 266 g/mol. The lowest BCUT2D eigenvalue weighted by atomic mass is 10.2. The van der Waals surface area contributed by atoms with Crippen LogP contribution >= 0.6 is 11.6 Å². The predicted octanol–water partition coefficient (Wildman–Crippen LogP) is 3.34. The van der Waals surface area contributed by atoms with E-state index in [9.17, 15) is 4.39 Å². The lowest BCUT2D eigenvalue weighted by Crippen LogP contribution is -2.02. The number of rotatable bonds is 3. The Labute approximate surface area is 109 Å². The Kier molecular flexibility index (Phi) is 3.67. The molecule has 0 aliphatic rings. The van der Waals surface area contributed by atoms with E-state index in [1.54, 1.807) is 24.3 Å². The van der Waals surface area contributed by atoms with Crippen LogP contribution in [0.5, 0.6) is 5.75 Å².